The summed E-state index contributed by atoms with van der Waals surface area (Å²) in [4.78, 5) is 11.6. The lowest BCUT2D eigenvalue weighted by molar-refractivity contribution is 0.132. The molecule has 1 aliphatic carbocycles. The lowest BCUT2D eigenvalue weighted by atomic mass is 10.1. The molecule has 0 saturated heterocycles. The summed E-state index contributed by atoms with van der Waals surface area (Å²) >= 11 is 0. The van der Waals surface area contributed by atoms with E-state index in [4.69, 9.17) is 0 Å². The first-order valence-corrected chi connectivity index (χ1v) is 7.34. The van der Waals surface area contributed by atoms with Gasteiger partial charge in [0.15, 0.2) is 0 Å². The third-order valence-corrected chi connectivity index (χ3v) is 3.76. The predicted molar refractivity (Wildman–Crippen MR) is 76.3 cm³/mol. The van der Waals surface area contributed by atoms with Crippen molar-refractivity contribution < 1.29 is 9.90 Å². The summed E-state index contributed by atoms with van der Waals surface area (Å²) in [6, 6.07) is -0.152. The van der Waals surface area contributed by atoms with Gasteiger partial charge in [0.05, 0.1) is 12.3 Å². The van der Waals surface area contributed by atoms with Crippen LogP contribution in [-0.4, -0.2) is 40.1 Å². The summed E-state index contributed by atoms with van der Waals surface area (Å²) in [5.74, 6) is 0.216. The molecule has 2 atom stereocenters. The number of urea groups is 1. The highest BCUT2D eigenvalue weighted by Crippen LogP contribution is 2.24. The molecule has 2 rings (SSSR count). The Morgan fingerprint density at radius 3 is 3.00 bits per heavy atom. The van der Waals surface area contributed by atoms with Crippen LogP contribution in [0.3, 0.4) is 0 Å². The van der Waals surface area contributed by atoms with Gasteiger partial charge in [0.2, 0.25) is 0 Å². The number of carbonyl (C=O) groups excluding carboxylic acids is 1. The molecule has 1 heterocycles. The second-order valence-electron chi connectivity index (χ2n) is 5.53. The number of hydrogen-bond donors (Lipinski definition) is 3. The topological polar surface area (TPSA) is 79.2 Å². The minimum absolute atomic E-state index is 0.152. The number of aromatic nitrogens is 2. The Bertz CT molecular complexity index is 433. The molecule has 2 amide bonds. The quantitative estimate of drug-likeness (QED) is 0.681. The lowest BCUT2D eigenvalue weighted by Crippen LogP contribution is -2.40. The molecule has 1 aliphatic rings. The Kier molecular flexibility index (Phi) is 5.40. The Hall–Kier alpha value is -1.56. The highest BCUT2D eigenvalue weighted by atomic mass is 16.3. The monoisotopic (exact) mass is 280 g/mol. The summed E-state index contributed by atoms with van der Waals surface area (Å²) in [6.07, 6.45) is 7.32. The van der Waals surface area contributed by atoms with Gasteiger partial charge in [0.1, 0.15) is 0 Å². The number of carbonyl (C=O) groups is 1. The van der Waals surface area contributed by atoms with Gasteiger partial charge >= 0.3 is 6.03 Å². The van der Waals surface area contributed by atoms with Crippen molar-refractivity contribution in [2.75, 3.05) is 13.1 Å². The van der Waals surface area contributed by atoms with Crippen LogP contribution in [0, 0.1) is 12.8 Å². The number of hydrogen-bond acceptors (Lipinski definition) is 3. The van der Waals surface area contributed by atoms with Crippen LogP contribution >= 0.6 is 0 Å². The van der Waals surface area contributed by atoms with Gasteiger partial charge in [-0.05, 0) is 31.7 Å². The van der Waals surface area contributed by atoms with E-state index in [0.29, 0.717) is 13.1 Å². The van der Waals surface area contributed by atoms with Crippen molar-refractivity contribution in [1.29, 1.82) is 0 Å². The summed E-state index contributed by atoms with van der Waals surface area (Å²) in [5.41, 5.74) is 1.14. The number of nitrogens with zero attached hydrogens (tertiary/aromatic N) is 2. The minimum Gasteiger partial charge on any atom is -0.393 e. The first kappa shape index (κ1) is 14.8. The van der Waals surface area contributed by atoms with E-state index in [-0.39, 0.29) is 18.1 Å². The molecule has 0 bridgehead atoms. The third-order valence-electron chi connectivity index (χ3n) is 3.76. The summed E-state index contributed by atoms with van der Waals surface area (Å²) in [7, 11) is 0. The number of aliphatic hydroxyl groups is 1. The van der Waals surface area contributed by atoms with Gasteiger partial charge in [-0.1, -0.05) is 6.42 Å². The second kappa shape index (κ2) is 7.28. The predicted octanol–water partition coefficient (Wildman–Crippen LogP) is 1.04. The van der Waals surface area contributed by atoms with Crippen LogP contribution in [0.2, 0.25) is 0 Å². The number of rotatable bonds is 6. The molecule has 6 nitrogen and oxygen atoms in total. The molecule has 3 N–H and O–H groups in total. The van der Waals surface area contributed by atoms with Gasteiger partial charge in [0, 0.05) is 31.7 Å². The smallest absolute Gasteiger partial charge is 0.314 e. The first-order valence-electron chi connectivity index (χ1n) is 7.34. The molecule has 6 heteroatoms. The van der Waals surface area contributed by atoms with E-state index in [1.807, 2.05) is 24.0 Å². The maximum absolute atomic E-state index is 11.6. The van der Waals surface area contributed by atoms with Gasteiger partial charge < -0.3 is 15.7 Å². The van der Waals surface area contributed by atoms with E-state index in [0.717, 1.165) is 37.8 Å². The molecule has 1 aromatic rings. The molecular formula is C14H24N4O2. The fourth-order valence-corrected chi connectivity index (χ4v) is 2.57. The van der Waals surface area contributed by atoms with Crippen molar-refractivity contribution in [2.24, 2.45) is 5.92 Å². The highest BCUT2D eigenvalue weighted by molar-refractivity contribution is 5.73. The minimum atomic E-state index is -0.252. The van der Waals surface area contributed by atoms with Crippen LogP contribution in [0.4, 0.5) is 4.79 Å². The molecule has 1 saturated carbocycles. The lowest BCUT2D eigenvalue weighted by Gasteiger charge is -2.15. The molecule has 0 spiro atoms. The zero-order valence-corrected chi connectivity index (χ0v) is 12.0. The normalized spacial score (nSPS) is 21.9. The van der Waals surface area contributed by atoms with Crippen molar-refractivity contribution in [1.82, 2.24) is 20.4 Å². The number of aryl methyl sites for hydroxylation is 2. The van der Waals surface area contributed by atoms with Gasteiger partial charge in [0.25, 0.3) is 0 Å². The standard InChI is InChI=1S/C14H24N4O2/c1-11-8-17-18(10-11)7-3-6-15-14(20)16-9-12-4-2-5-13(12)19/h8,10,12-13,19H,2-7,9H2,1H3,(H2,15,16,20)/t12-,13-/m1/s1. The fourth-order valence-electron chi connectivity index (χ4n) is 2.57. The first-order chi connectivity index (χ1) is 9.65. The number of amides is 2. The van der Waals surface area contributed by atoms with Crippen LogP contribution in [-0.2, 0) is 6.54 Å². The van der Waals surface area contributed by atoms with E-state index < -0.39 is 0 Å². The summed E-state index contributed by atoms with van der Waals surface area (Å²) in [5, 5.41) is 19.5. The molecule has 0 unspecified atom stereocenters. The van der Waals surface area contributed by atoms with Crippen LogP contribution in [0.25, 0.3) is 0 Å². The Morgan fingerprint density at radius 2 is 2.35 bits per heavy atom. The van der Waals surface area contributed by atoms with Crippen LogP contribution < -0.4 is 10.6 Å². The Morgan fingerprint density at radius 1 is 1.50 bits per heavy atom. The Balaban J connectivity index is 1.54. The molecule has 20 heavy (non-hydrogen) atoms. The zero-order valence-electron chi connectivity index (χ0n) is 12.0. The largest absolute Gasteiger partial charge is 0.393 e. The number of nitrogens with one attached hydrogen (secondary N) is 2. The van der Waals surface area contributed by atoms with E-state index in [1.54, 1.807) is 0 Å². The van der Waals surface area contributed by atoms with Crippen LogP contribution in [0.5, 0.6) is 0 Å². The zero-order chi connectivity index (χ0) is 14.4. The van der Waals surface area contributed by atoms with E-state index >= 15 is 0 Å². The van der Waals surface area contributed by atoms with Crippen molar-refractivity contribution in [3.8, 4) is 0 Å². The van der Waals surface area contributed by atoms with Crippen LogP contribution in [0.1, 0.15) is 31.2 Å². The van der Waals surface area contributed by atoms with Crippen molar-refractivity contribution >= 4 is 6.03 Å². The molecule has 0 aliphatic heterocycles. The fraction of sp³-hybridized carbons (Fsp3) is 0.714. The van der Waals surface area contributed by atoms with E-state index in [9.17, 15) is 9.90 Å². The summed E-state index contributed by atoms with van der Waals surface area (Å²) < 4.78 is 1.88. The molecule has 0 aromatic carbocycles. The van der Waals surface area contributed by atoms with E-state index in [1.165, 1.54) is 0 Å². The van der Waals surface area contributed by atoms with Crippen LogP contribution in [0.15, 0.2) is 12.4 Å². The van der Waals surface area contributed by atoms with Gasteiger partial charge in [-0.25, -0.2) is 4.79 Å². The van der Waals surface area contributed by atoms with Crippen molar-refractivity contribution in [3.05, 3.63) is 18.0 Å². The average Bonchev–Trinajstić information content (AvgIpc) is 3.01. The average molecular weight is 280 g/mol. The van der Waals surface area contributed by atoms with Gasteiger partial charge in [-0.3, -0.25) is 4.68 Å². The Labute approximate surface area is 119 Å². The van der Waals surface area contributed by atoms with Crippen molar-refractivity contribution in [3.63, 3.8) is 0 Å². The SMILES string of the molecule is Cc1cnn(CCCNC(=O)NC[C@H]2CCC[C@H]2O)c1. The second-order valence-corrected chi connectivity index (χ2v) is 5.53. The summed E-state index contributed by atoms with van der Waals surface area (Å²) in [6.45, 7) is 3.99. The molecule has 1 fully saturated rings. The highest BCUT2D eigenvalue weighted by Gasteiger charge is 2.25. The maximum atomic E-state index is 11.6. The molecule has 0 radical (unpaired) electrons. The van der Waals surface area contributed by atoms with Gasteiger partial charge in [-0.15, -0.1) is 0 Å². The molecule has 1 aromatic heterocycles. The molecule has 112 valence electrons. The van der Waals surface area contributed by atoms with E-state index in [2.05, 4.69) is 15.7 Å². The molecular weight excluding hydrogens is 256 g/mol. The van der Waals surface area contributed by atoms with Crippen molar-refractivity contribution in [2.45, 2.75) is 45.3 Å². The number of aliphatic hydroxyl groups excluding tert-OH is 1. The maximum Gasteiger partial charge on any atom is 0.314 e. The van der Waals surface area contributed by atoms with Gasteiger partial charge in [-0.2, -0.15) is 5.10 Å². The third kappa shape index (κ3) is 4.52.